The van der Waals surface area contributed by atoms with Gasteiger partial charge in [-0.1, -0.05) is 35.1 Å². The third-order valence-corrected chi connectivity index (χ3v) is 13.0. The first-order chi connectivity index (χ1) is 23.6. The minimum absolute atomic E-state index is 0.116. The molecule has 2 amide bonds. The van der Waals surface area contributed by atoms with E-state index in [1.54, 1.807) is 49.4 Å². The number of carbonyl (C=O) groups excluding carboxylic acids is 3. The molecule has 3 fully saturated rings. The number of aromatic amines is 1. The Labute approximate surface area is 292 Å². The zero-order valence-electron chi connectivity index (χ0n) is 25.9. The van der Waals surface area contributed by atoms with Gasteiger partial charge in [-0.25, -0.2) is 4.79 Å². The Balaban J connectivity index is 1.18. The van der Waals surface area contributed by atoms with Crippen LogP contribution in [0.25, 0.3) is 0 Å². The maximum atomic E-state index is 14.2. The summed E-state index contributed by atoms with van der Waals surface area (Å²) in [5.41, 5.74) is 1.97. The van der Waals surface area contributed by atoms with Crippen LogP contribution in [0, 0.1) is 39.7 Å². The van der Waals surface area contributed by atoms with E-state index in [1.165, 1.54) is 28.8 Å². The monoisotopic (exact) mass is 717 g/mol. The van der Waals surface area contributed by atoms with E-state index in [0.717, 1.165) is 21.8 Å². The highest BCUT2D eigenvalue weighted by Crippen LogP contribution is 2.69. The molecule has 49 heavy (non-hydrogen) atoms. The van der Waals surface area contributed by atoms with E-state index in [-0.39, 0.29) is 58.6 Å². The van der Waals surface area contributed by atoms with E-state index in [2.05, 4.69) is 4.98 Å². The molecule has 14 heteroatoms. The maximum absolute atomic E-state index is 14.2. The molecule has 0 spiro atoms. The zero-order chi connectivity index (χ0) is 34.1. The molecule has 250 valence electrons. The molecule has 4 aliphatic rings. The van der Waals surface area contributed by atoms with Crippen LogP contribution < -0.4 is 14.5 Å². The number of benzene rings is 3. The summed E-state index contributed by atoms with van der Waals surface area (Å²) in [5.74, 6) is -2.80. The van der Waals surface area contributed by atoms with Gasteiger partial charge in [-0.15, -0.1) is 11.8 Å². The number of H-pyrrole nitrogens is 1. The number of aromatic nitrogens is 1. The van der Waals surface area contributed by atoms with Crippen LogP contribution in [0.4, 0.5) is 11.4 Å². The first-order valence-corrected chi connectivity index (χ1v) is 17.9. The van der Waals surface area contributed by atoms with Crippen molar-refractivity contribution < 1.29 is 28.8 Å². The number of esters is 1. The zero-order valence-corrected chi connectivity index (χ0v) is 28.3. The van der Waals surface area contributed by atoms with Gasteiger partial charge in [0.1, 0.15) is 12.4 Å². The van der Waals surface area contributed by atoms with Gasteiger partial charge in [-0.05, 0) is 79.1 Å². The number of nitro groups is 1. The molecule has 3 aromatic carbocycles. The van der Waals surface area contributed by atoms with Crippen LogP contribution in [0.1, 0.15) is 45.6 Å². The van der Waals surface area contributed by atoms with Crippen LogP contribution >= 0.6 is 34.7 Å². The third kappa shape index (κ3) is 5.17. The Hall–Kier alpha value is -4.46. The standard InChI is InChI=1S/C35H28ClN3O8S2/c1-2-46-34(42)17-6-8-19(9-7-17)38-32(40)27-22-14-23(28(27)33(38)41)29-26(22)25(30-31(48-29)37-35(43)49-30)21-13-20(39(44)45)10-11-24(21)47-15-16-4-3-5-18(36)12-16/h3-13,22-23,25-29H,2,14-15H2,1H3,(H,37,43)/t22-,23-,25+,26+,27+,28+,29-/m1/s1. The van der Waals surface area contributed by atoms with E-state index >= 15 is 0 Å². The molecular formula is C35H28ClN3O8S2. The van der Waals surface area contributed by atoms with E-state index in [1.807, 2.05) is 12.1 Å². The predicted octanol–water partition coefficient (Wildman–Crippen LogP) is 6.43. The first kappa shape index (κ1) is 31.8. The smallest absolute Gasteiger partial charge is 0.338 e. The highest BCUT2D eigenvalue weighted by atomic mass is 35.5. The lowest BCUT2D eigenvalue weighted by molar-refractivity contribution is -0.385. The summed E-state index contributed by atoms with van der Waals surface area (Å²) in [6.45, 7) is 2.10. The number of thioether (sulfide) groups is 1. The number of fused-ring (bicyclic) bond motifs is 9. The van der Waals surface area contributed by atoms with E-state index in [9.17, 15) is 29.3 Å². The Kier molecular flexibility index (Phi) is 7.88. The van der Waals surface area contributed by atoms with Crippen molar-refractivity contribution in [3.63, 3.8) is 0 Å². The summed E-state index contributed by atoms with van der Waals surface area (Å²) in [7, 11) is 0. The summed E-state index contributed by atoms with van der Waals surface area (Å²) in [6.07, 6.45) is 0.647. The lowest BCUT2D eigenvalue weighted by atomic mass is 9.68. The molecule has 4 aromatic rings. The molecule has 2 aliphatic carbocycles. The lowest BCUT2D eigenvalue weighted by Crippen LogP contribution is -2.42. The predicted molar refractivity (Wildman–Crippen MR) is 182 cm³/mol. The number of rotatable bonds is 8. The maximum Gasteiger partial charge on any atom is 0.338 e. The molecule has 1 N–H and O–H groups in total. The van der Waals surface area contributed by atoms with E-state index in [0.29, 0.717) is 39.0 Å². The van der Waals surface area contributed by atoms with Crippen molar-refractivity contribution in [1.29, 1.82) is 0 Å². The molecule has 2 saturated carbocycles. The molecule has 8 rings (SSSR count). The summed E-state index contributed by atoms with van der Waals surface area (Å²) in [6, 6.07) is 18.0. The number of hydrogen-bond donors (Lipinski definition) is 1. The average molecular weight is 718 g/mol. The van der Waals surface area contributed by atoms with Crippen LogP contribution in [0.3, 0.4) is 0 Å². The van der Waals surface area contributed by atoms with Crippen molar-refractivity contribution in [2.45, 2.75) is 36.1 Å². The van der Waals surface area contributed by atoms with Crippen LogP contribution in [0.5, 0.6) is 5.75 Å². The van der Waals surface area contributed by atoms with Crippen LogP contribution in [-0.4, -0.2) is 39.5 Å². The van der Waals surface area contributed by atoms with Gasteiger partial charge in [0.15, 0.2) is 0 Å². The first-order valence-electron chi connectivity index (χ1n) is 15.8. The van der Waals surface area contributed by atoms with Crippen molar-refractivity contribution in [3.05, 3.63) is 113 Å². The molecule has 0 radical (unpaired) electrons. The minimum atomic E-state index is -0.585. The Morgan fingerprint density at radius 2 is 1.80 bits per heavy atom. The fourth-order valence-corrected chi connectivity index (χ4v) is 11.5. The average Bonchev–Trinajstić information content (AvgIpc) is 3.82. The molecule has 1 saturated heterocycles. The largest absolute Gasteiger partial charge is 0.489 e. The highest BCUT2D eigenvalue weighted by Gasteiger charge is 2.70. The van der Waals surface area contributed by atoms with E-state index < -0.39 is 28.6 Å². The van der Waals surface area contributed by atoms with Crippen LogP contribution in [0.2, 0.25) is 5.02 Å². The van der Waals surface area contributed by atoms with Crippen molar-refractivity contribution in [2.24, 2.45) is 29.6 Å². The second kappa shape index (κ2) is 12.1. The van der Waals surface area contributed by atoms with Crippen molar-refractivity contribution >= 4 is 63.9 Å². The number of anilines is 1. The number of non-ortho nitro benzene ring substituents is 1. The van der Waals surface area contributed by atoms with Gasteiger partial charge in [0.05, 0.1) is 39.6 Å². The van der Waals surface area contributed by atoms with Crippen molar-refractivity contribution in [3.8, 4) is 5.75 Å². The Bertz CT molecular complexity index is 2100. The van der Waals surface area contributed by atoms with Gasteiger partial charge in [0, 0.05) is 38.8 Å². The van der Waals surface area contributed by atoms with Gasteiger partial charge in [0.25, 0.3) is 5.69 Å². The Morgan fingerprint density at radius 3 is 2.51 bits per heavy atom. The normalized spacial score (nSPS) is 26.3. The molecule has 1 aromatic heterocycles. The van der Waals surface area contributed by atoms with Crippen LogP contribution in [-0.2, 0) is 20.9 Å². The number of amides is 2. The number of nitrogens with zero attached hydrogens (tertiary/aromatic N) is 2. The molecular weight excluding hydrogens is 690 g/mol. The van der Waals surface area contributed by atoms with Gasteiger partial charge in [-0.2, -0.15) is 0 Å². The van der Waals surface area contributed by atoms with Crippen molar-refractivity contribution in [2.75, 3.05) is 11.5 Å². The van der Waals surface area contributed by atoms with E-state index in [4.69, 9.17) is 21.1 Å². The number of hydrogen-bond acceptors (Lipinski definition) is 10. The fourth-order valence-electron chi connectivity index (χ4n) is 8.39. The topological polar surface area (TPSA) is 149 Å². The lowest BCUT2D eigenvalue weighted by Gasteiger charge is -2.43. The number of halogens is 1. The number of imide groups is 1. The number of carbonyl (C=O) groups is 3. The molecule has 11 nitrogen and oxygen atoms in total. The summed E-state index contributed by atoms with van der Waals surface area (Å²) in [4.78, 5) is 69.5. The van der Waals surface area contributed by atoms with Gasteiger partial charge in [0.2, 0.25) is 11.8 Å². The molecule has 7 atom stereocenters. The minimum Gasteiger partial charge on any atom is -0.489 e. The highest BCUT2D eigenvalue weighted by molar-refractivity contribution is 8.00. The number of nitro benzene ring substituents is 1. The number of thiazole rings is 1. The summed E-state index contributed by atoms with van der Waals surface area (Å²) >= 11 is 8.79. The molecule has 2 aliphatic heterocycles. The number of ether oxygens (including phenoxy) is 2. The van der Waals surface area contributed by atoms with Gasteiger partial charge < -0.3 is 14.5 Å². The quantitative estimate of drug-likeness (QED) is 0.0942. The second-order valence-corrected chi connectivity index (χ2v) is 15.3. The van der Waals surface area contributed by atoms with Crippen molar-refractivity contribution in [1.82, 2.24) is 4.98 Å². The summed E-state index contributed by atoms with van der Waals surface area (Å²) < 4.78 is 11.4. The van der Waals surface area contributed by atoms with Crippen LogP contribution in [0.15, 0.2) is 76.6 Å². The summed E-state index contributed by atoms with van der Waals surface area (Å²) in [5, 5.41) is 13.1. The fraction of sp³-hybridized carbons (Fsp3) is 0.314. The molecule has 3 heterocycles. The Morgan fingerprint density at radius 1 is 1.04 bits per heavy atom. The molecule has 0 unspecified atom stereocenters. The van der Waals surface area contributed by atoms with Gasteiger partial charge in [-0.3, -0.25) is 29.4 Å². The second-order valence-electron chi connectivity index (χ2n) is 12.6. The van der Waals surface area contributed by atoms with Gasteiger partial charge >= 0.3 is 10.8 Å². The molecule has 2 bridgehead atoms. The number of nitrogens with one attached hydrogen (secondary N) is 1. The SMILES string of the molecule is CCOC(=O)c1ccc(N2C(=O)[C@H]3[C@H]4C[C@@H]([C@@H]3C2=O)[C@H]2[C@H](c3cc([N+](=O)[O-])ccc3OCc3cccc(Cl)c3)c3sc(=O)[nH]c3S[C@H]42)cc1. The third-order valence-electron chi connectivity index (χ3n) is 10.2.